The van der Waals surface area contributed by atoms with Gasteiger partial charge in [0, 0.05) is 6.04 Å². The molecule has 0 saturated heterocycles. The molecule has 0 amide bonds. The van der Waals surface area contributed by atoms with Gasteiger partial charge in [-0.05, 0) is 24.6 Å². The zero-order valence-corrected chi connectivity index (χ0v) is 11.5. The van der Waals surface area contributed by atoms with Crippen LogP contribution in [0.1, 0.15) is 30.1 Å². The summed E-state index contributed by atoms with van der Waals surface area (Å²) in [6.45, 7) is 1.69. The van der Waals surface area contributed by atoms with E-state index in [2.05, 4.69) is 5.32 Å². The van der Waals surface area contributed by atoms with Crippen LogP contribution >= 0.6 is 0 Å². The van der Waals surface area contributed by atoms with Gasteiger partial charge < -0.3 is 15.3 Å². The monoisotopic (exact) mass is 287 g/mol. The van der Waals surface area contributed by atoms with Gasteiger partial charge >= 0.3 is 5.97 Å². The van der Waals surface area contributed by atoms with Crippen molar-refractivity contribution in [2.24, 2.45) is 0 Å². The molecule has 2 unspecified atom stereocenters. The highest BCUT2D eigenvalue weighted by molar-refractivity contribution is 5.75. The van der Waals surface area contributed by atoms with Crippen LogP contribution in [-0.2, 0) is 4.79 Å². The molecule has 2 rings (SSSR count). The zero-order valence-electron chi connectivity index (χ0n) is 11.5. The molecule has 21 heavy (non-hydrogen) atoms. The first-order valence-corrected chi connectivity index (χ1v) is 6.55. The number of phenolic OH excluding ortho intramolecular Hbond substituents is 2. The lowest BCUT2D eigenvalue weighted by Crippen LogP contribution is -2.30. The Morgan fingerprint density at radius 2 is 1.57 bits per heavy atom. The molecule has 2 aromatic rings. The molecule has 0 saturated carbocycles. The van der Waals surface area contributed by atoms with E-state index in [-0.39, 0.29) is 17.1 Å². The Labute approximate surface area is 122 Å². The number of rotatable bonds is 5. The predicted molar refractivity (Wildman–Crippen MR) is 78.1 cm³/mol. The van der Waals surface area contributed by atoms with Crippen molar-refractivity contribution in [3.8, 4) is 11.5 Å². The molecule has 2 atom stereocenters. The molecule has 0 bridgehead atoms. The maximum Gasteiger partial charge on any atom is 0.325 e. The summed E-state index contributed by atoms with van der Waals surface area (Å²) in [5.74, 6) is -1.18. The highest BCUT2D eigenvalue weighted by atomic mass is 16.4. The molecule has 5 heteroatoms. The molecule has 0 radical (unpaired) electrons. The fourth-order valence-electron chi connectivity index (χ4n) is 2.27. The number of carbonyl (C=O) groups is 1. The van der Waals surface area contributed by atoms with Gasteiger partial charge in [0.1, 0.15) is 17.5 Å². The fraction of sp³-hybridized carbons (Fsp3) is 0.188. The molecule has 5 nitrogen and oxygen atoms in total. The Kier molecular flexibility index (Phi) is 4.45. The molecular formula is C16H17NO4. The van der Waals surface area contributed by atoms with Crippen LogP contribution in [0.2, 0.25) is 0 Å². The second-order valence-electron chi connectivity index (χ2n) is 4.78. The number of nitrogens with one attached hydrogen (secondary N) is 1. The van der Waals surface area contributed by atoms with Gasteiger partial charge in [-0.15, -0.1) is 0 Å². The van der Waals surface area contributed by atoms with Crippen LogP contribution < -0.4 is 5.32 Å². The summed E-state index contributed by atoms with van der Waals surface area (Å²) in [5, 5.41) is 32.0. The van der Waals surface area contributed by atoms with Crippen LogP contribution in [0.25, 0.3) is 0 Å². The molecule has 0 aromatic heterocycles. The minimum atomic E-state index is -1.03. The summed E-state index contributed by atoms with van der Waals surface area (Å²) in [4.78, 5) is 11.4. The van der Waals surface area contributed by atoms with Crippen molar-refractivity contribution in [1.82, 2.24) is 5.32 Å². The molecular weight excluding hydrogens is 270 g/mol. The minimum Gasteiger partial charge on any atom is -0.507 e. The quantitative estimate of drug-likeness (QED) is 0.678. The largest absolute Gasteiger partial charge is 0.507 e. The van der Waals surface area contributed by atoms with Gasteiger partial charge in [0.05, 0.1) is 5.56 Å². The summed E-state index contributed by atoms with van der Waals surface area (Å²) in [7, 11) is 0. The van der Waals surface area contributed by atoms with Crippen molar-refractivity contribution in [3.05, 3.63) is 59.7 Å². The average Bonchev–Trinajstić information content (AvgIpc) is 2.45. The van der Waals surface area contributed by atoms with Gasteiger partial charge in [0.25, 0.3) is 0 Å². The zero-order chi connectivity index (χ0) is 15.4. The SMILES string of the molecule is CC(NC(C(=O)O)c1ccccc1)c1c(O)cccc1O. The summed E-state index contributed by atoms with van der Waals surface area (Å²) in [5.41, 5.74) is 0.881. The van der Waals surface area contributed by atoms with Crippen molar-refractivity contribution in [3.63, 3.8) is 0 Å². The van der Waals surface area contributed by atoms with Gasteiger partial charge in [0.2, 0.25) is 0 Å². The van der Waals surface area contributed by atoms with E-state index in [1.807, 2.05) is 0 Å². The molecule has 0 heterocycles. The number of phenols is 2. The standard InChI is InChI=1S/C16H17NO4/c1-10(14-12(18)8-5-9-13(14)19)17-15(16(20)21)11-6-3-2-4-7-11/h2-10,15,17-19H,1H3,(H,20,21). The van der Waals surface area contributed by atoms with Crippen LogP contribution in [0.3, 0.4) is 0 Å². The van der Waals surface area contributed by atoms with Crippen molar-refractivity contribution >= 4 is 5.97 Å². The Bertz CT molecular complexity index is 607. The topological polar surface area (TPSA) is 89.8 Å². The highest BCUT2D eigenvalue weighted by Gasteiger charge is 2.24. The minimum absolute atomic E-state index is 0.0767. The maximum atomic E-state index is 11.4. The van der Waals surface area contributed by atoms with E-state index in [1.165, 1.54) is 18.2 Å². The van der Waals surface area contributed by atoms with Gasteiger partial charge in [-0.25, -0.2) is 0 Å². The third kappa shape index (κ3) is 3.32. The molecule has 0 aliphatic rings. The summed E-state index contributed by atoms with van der Waals surface area (Å²) in [6, 6.07) is 11.7. The average molecular weight is 287 g/mol. The van der Waals surface area contributed by atoms with Crippen LogP contribution in [0.15, 0.2) is 48.5 Å². The first kappa shape index (κ1) is 14.9. The van der Waals surface area contributed by atoms with Crippen LogP contribution in [0, 0.1) is 0 Å². The lowest BCUT2D eigenvalue weighted by atomic mass is 10.0. The normalized spacial score (nSPS) is 13.6. The van der Waals surface area contributed by atoms with Gasteiger partial charge in [-0.1, -0.05) is 36.4 Å². The van der Waals surface area contributed by atoms with E-state index in [4.69, 9.17) is 0 Å². The first-order valence-electron chi connectivity index (χ1n) is 6.55. The maximum absolute atomic E-state index is 11.4. The van der Waals surface area contributed by atoms with Crippen LogP contribution in [-0.4, -0.2) is 21.3 Å². The lowest BCUT2D eigenvalue weighted by molar-refractivity contribution is -0.139. The van der Waals surface area contributed by atoms with Gasteiger partial charge in [-0.2, -0.15) is 0 Å². The van der Waals surface area contributed by atoms with Crippen molar-refractivity contribution in [1.29, 1.82) is 0 Å². The number of hydrogen-bond donors (Lipinski definition) is 4. The number of aromatic hydroxyl groups is 2. The van der Waals surface area contributed by atoms with E-state index >= 15 is 0 Å². The van der Waals surface area contributed by atoms with E-state index < -0.39 is 18.1 Å². The summed E-state index contributed by atoms with van der Waals surface area (Å²) >= 11 is 0. The van der Waals surface area contributed by atoms with E-state index in [9.17, 15) is 20.1 Å². The molecule has 0 spiro atoms. The molecule has 0 aliphatic heterocycles. The summed E-state index contributed by atoms with van der Waals surface area (Å²) in [6.07, 6.45) is 0. The Hall–Kier alpha value is -2.53. The Morgan fingerprint density at radius 3 is 2.10 bits per heavy atom. The van der Waals surface area contributed by atoms with Crippen molar-refractivity contribution in [2.45, 2.75) is 19.0 Å². The first-order chi connectivity index (χ1) is 10.0. The van der Waals surface area contributed by atoms with E-state index in [0.717, 1.165) is 0 Å². The summed E-state index contributed by atoms with van der Waals surface area (Å²) < 4.78 is 0. The number of hydrogen-bond acceptors (Lipinski definition) is 4. The second kappa shape index (κ2) is 6.28. The fourth-order valence-corrected chi connectivity index (χ4v) is 2.27. The molecule has 110 valence electrons. The third-order valence-corrected chi connectivity index (χ3v) is 3.29. The lowest BCUT2D eigenvalue weighted by Gasteiger charge is -2.22. The molecule has 0 aliphatic carbocycles. The van der Waals surface area contributed by atoms with Crippen molar-refractivity contribution in [2.75, 3.05) is 0 Å². The smallest absolute Gasteiger partial charge is 0.325 e. The Morgan fingerprint density at radius 1 is 1.00 bits per heavy atom. The molecule has 2 aromatic carbocycles. The highest BCUT2D eigenvalue weighted by Crippen LogP contribution is 2.33. The third-order valence-electron chi connectivity index (χ3n) is 3.29. The molecule has 0 fully saturated rings. The van der Waals surface area contributed by atoms with E-state index in [1.54, 1.807) is 37.3 Å². The number of benzene rings is 2. The second-order valence-corrected chi connectivity index (χ2v) is 4.78. The number of carboxylic acids is 1. The van der Waals surface area contributed by atoms with Gasteiger partial charge in [-0.3, -0.25) is 10.1 Å². The van der Waals surface area contributed by atoms with Crippen LogP contribution in [0.5, 0.6) is 11.5 Å². The molecule has 4 N–H and O–H groups in total. The predicted octanol–water partition coefficient (Wildman–Crippen LogP) is 2.57. The number of aliphatic carboxylic acids is 1. The van der Waals surface area contributed by atoms with Crippen molar-refractivity contribution < 1.29 is 20.1 Å². The Balaban J connectivity index is 2.28. The van der Waals surface area contributed by atoms with Gasteiger partial charge in [0.15, 0.2) is 0 Å². The van der Waals surface area contributed by atoms with Crippen LogP contribution in [0.4, 0.5) is 0 Å². The number of carboxylic acid groups (broad SMARTS) is 1. The van der Waals surface area contributed by atoms with E-state index in [0.29, 0.717) is 5.56 Å².